The third-order valence-electron chi connectivity index (χ3n) is 8.03. The zero-order valence-electron chi connectivity index (χ0n) is 20.5. The number of rotatable bonds is 6. The molecule has 8 nitrogen and oxygen atoms in total. The van der Waals surface area contributed by atoms with Gasteiger partial charge in [-0.3, -0.25) is 14.4 Å². The summed E-state index contributed by atoms with van der Waals surface area (Å²) in [6, 6.07) is 8.87. The Hall–Kier alpha value is -3.29. The highest BCUT2D eigenvalue weighted by atomic mass is 16.5. The van der Waals surface area contributed by atoms with Gasteiger partial charge >= 0.3 is 0 Å². The number of carbonyl (C=O) groups is 2. The van der Waals surface area contributed by atoms with E-state index in [-0.39, 0.29) is 34.5 Å². The lowest BCUT2D eigenvalue weighted by molar-refractivity contribution is -0.133. The predicted octanol–water partition coefficient (Wildman–Crippen LogP) is 2.76. The number of nitrogens with zero attached hydrogens (tertiary/aromatic N) is 2. The number of carbonyl (C=O) groups excluding carboxylic acids is 2. The van der Waals surface area contributed by atoms with Gasteiger partial charge in [0.05, 0.1) is 14.2 Å². The van der Waals surface area contributed by atoms with Gasteiger partial charge in [0, 0.05) is 50.3 Å². The Labute approximate surface area is 205 Å². The van der Waals surface area contributed by atoms with Crippen LogP contribution in [0, 0.1) is 11.3 Å². The fraction of sp³-hybridized carbons (Fsp3) is 0.519. The van der Waals surface area contributed by atoms with Crippen LogP contribution in [0.2, 0.25) is 0 Å². The second-order valence-electron chi connectivity index (χ2n) is 9.96. The molecular formula is C27H33N3O5. The van der Waals surface area contributed by atoms with Crippen molar-refractivity contribution in [1.82, 2.24) is 14.8 Å². The quantitative estimate of drug-likeness (QED) is 0.688. The summed E-state index contributed by atoms with van der Waals surface area (Å²) >= 11 is 0. The van der Waals surface area contributed by atoms with Crippen molar-refractivity contribution in [3.63, 3.8) is 0 Å². The van der Waals surface area contributed by atoms with E-state index in [9.17, 15) is 14.4 Å². The first kappa shape index (κ1) is 23.5. The molecule has 1 aromatic carbocycles. The first-order valence-corrected chi connectivity index (χ1v) is 12.5. The zero-order chi connectivity index (χ0) is 24.6. The summed E-state index contributed by atoms with van der Waals surface area (Å²) in [6.45, 7) is 1.66. The summed E-state index contributed by atoms with van der Waals surface area (Å²) in [5, 5.41) is 2.96. The van der Waals surface area contributed by atoms with Gasteiger partial charge in [-0.1, -0.05) is 25.0 Å². The normalized spacial score (nSPS) is 20.2. The number of pyridine rings is 1. The van der Waals surface area contributed by atoms with Crippen molar-refractivity contribution in [3.05, 3.63) is 57.5 Å². The minimum Gasteiger partial charge on any atom is -0.497 e. The molecule has 1 spiro atoms. The number of nitrogens with one attached hydrogen (secondary N) is 1. The van der Waals surface area contributed by atoms with Gasteiger partial charge in [0.2, 0.25) is 5.91 Å². The number of hydrogen-bond acceptors (Lipinski definition) is 5. The van der Waals surface area contributed by atoms with Gasteiger partial charge in [-0.05, 0) is 42.4 Å². The summed E-state index contributed by atoms with van der Waals surface area (Å²) in [6.07, 6.45) is 6.19. The Kier molecular flexibility index (Phi) is 6.30. The molecule has 35 heavy (non-hydrogen) atoms. The number of aromatic nitrogens is 1. The van der Waals surface area contributed by atoms with Crippen LogP contribution in [0.5, 0.6) is 11.5 Å². The average Bonchev–Trinajstić information content (AvgIpc) is 3.46. The van der Waals surface area contributed by atoms with E-state index in [4.69, 9.17) is 9.47 Å². The van der Waals surface area contributed by atoms with E-state index < -0.39 is 0 Å². The molecule has 1 aromatic heterocycles. The third kappa shape index (κ3) is 4.42. The van der Waals surface area contributed by atoms with Crippen LogP contribution in [0.3, 0.4) is 0 Å². The molecule has 2 aliphatic carbocycles. The van der Waals surface area contributed by atoms with E-state index in [1.54, 1.807) is 11.7 Å². The number of fused-ring (bicyclic) bond motifs is 1. The van der Waals surface area contributed by atoms with Gasteiger partial charge in [0.25, 0.3) is 11.5 Å². The molecular weight excluding hydrogens is 446 g/mol. The molecule has 1 aliphatic heterocycles. The van der Waals surface area contributed by atoms with Crippen LogP contribution >= 0.6 is 0 Å². The summed E-state index contributed by atoms with van der Waals surface area (Å²) in [4.78, 5) is 41.4. The molecule has 5 rings (SSSR count). The lowest BCUT2D eigenvalue weighted by Gasteiger charge is -2.21. The van der Waals surface area contributed by atoms with Gasteiger partial charge in [-0.15, -0.1) is 0 Å². The van der Waals surface area contributed by atoms with Crippen LogP contribution in [0.4, 0.5) is 0 Å². The van der Waals surface area contributed by atoms with E-state index in [1.807, 2.05) is 29.2 Å². The second-order valence-corrected chi connectivity index (χ2v) is 9.96. The molecule has 186 valence electrons. The minimum atomic E-state index is -0.305. The van der Waals surface area contributed by atoms with Crippen LogP contribution in [0.1, 0.15) is 53.7 Å². The summed E-state index contributed by atoms with van der Waals surface area (Å²) in [5.41, 5.74) is 1.91. The second kappa shape index (κ2) is 9.40. The van der Waals surface area contributed by atoms with Crippen molar-refractivity contribution in [1.29, 1.82) is 0 Å². The maximum absolute atomic E-state index is 13.3. The summed E-state index contributed by atoms with van der Waals surface area (Å²) in [5.74, 6) is 1.01. The first-order valence-electron chi connectivity index (χ1n) is 12.5. The maximum Gasteiger partial charge on any atom is 0.257 e. The van der Waals surface area contributed by atoms with Crippen molar-refractivity contribution in [2.75, 3.05) is 27.3 Å². The molecule has 0 bridgehead atoms. The number of hydrogen-bond donors (Lipinski definition) is 1. The van der Waals surface area contributed by atoms with Crippen molar-refractivity contribution in [3.8, 4) is 11.5 Å². The smallest absolute Gasteiger partial charge is 0.257 e. The van der Waals surface area contributed by atoms with Gasteiger partial charge in [-0.25, -0.2) is 0 Å². The average molecular weight is 480 g/mol. The highest BCUT2D eigenvalue weighted by Gasteiger charge is 2.59. The zero-order valence-corrected chi connectivity index (χ0v) is 20.5. The van der Waals surface area contributed by atoms with Crippen LogP contribution in [0.25, 0.3) is 0 Å². The molecule has 3 aliphatic rings. The molecule has 2 amide bonds. The monoisotopic (exact) mass is 479 g/mol. The van der Waals surface area contributed by atoms with E-state index in [2.05, 4.69) is 5.32 Å². The number of amides is 2. The van der Waals surface area contributed by atoms with E-state index in [0.717, 1.165) is 24.8 Å². The maximum atomic E-state index is 13.3. The minimum absolute atomic E-state index is 0.128. The van der Waals surface area contributed by atoms with Crippen molar-refractivity contribution < 1.29 is 19.1 Å². The Balaban J connectivity index is 1.35. The van der Waals surface area contributed by atoms with Gasteiger partial charge in [-0.2, -0.15) is 0 Å². The Morgan fingerprint density at radius 3 is 2.63 bits per heavy atom. The predicted molar refractivity (Wildman–Crippen MR) is 131 cm³/mol. The SMILES string of the molecule is COc1cccc(CNC(=O)c2c(OC)cc(=O)n3c2CCN(C(=O)C2CC24CCCC4)CC3)c1. The lowest BCUT2D eigenvalue weighted by Crippen LogP contribution is -2.36. The fourth-order valence-electron chi connectivity index (χ4n) is 5.98. The molecule has 1 unspecified atom stereocenters. The van der Waals surface area contributed by atoms with Gasteiger partial charge in [0.1, 0.15) is 17.1 Å². The highest BCUT2D eigenvalue weighted by Crippen LogP contribution is 2.63. The summed E-state index contributed by atoms with van der Waals surface area (Å²) < 4.78 is 12.3. The Bertz CT molecular complexity index is 1200. The van der Waals surface area contributed by atoms with Crippen molar-refractivity contribution >= 4 is 11.8 Å². The molecule has 2 fully saturated rings. The molecule has 0 radical (unpaired) electrons. The van der Waals surface area contributed by atoms with Crippen LogP contribution in [0.15, 0.2) is 35.1 Å². The molecule has 1 atom stereocenters. The van der Waals surface area contributed by atoms with Gasteiger partial charge < -0.3 is 24.3 Å². The molecule has 1 N–H and O–H groups in total. The molecule has 2 saturated carbocycles. The van der Waals surface area contributed by atoms with Gasteiger partial charge in [0.15, 0.2) is 0 Å². The topological polar surface area (TPSA) is 89.9 Å². The van der Waals surface area contributed by atoms with Crippen LogP contribution < -0.4 is 20.3 Å². The molecule has 2 heterocycles. The van der Waals surface area contributed by atoms with Crippen LogP contribution in [-0.2, 0) is 24.3 Å². The standard InChI is InChI=1S/C27H33N3O5/c1-34-19-7-5-6-18(14-19)17-28-25(32)24-21-8-11-29(12-13-30(21)23(31)15-22(24)35-2)26(33)20-16-27(20)9-3-4-10-27/h5-7,14-15,20H,3-4,8-13,16-17H2,1-2H3,(H,28,32). The van der Waals surface area contributed by atoms with E-state index >= 15 is 0 Å². The lowest BCUT2D eigenvalue weighted by atomic mass is 10.0. The van der Waals surface area contributed by atoms with E-state index in [1.165, 1.54) is 26.0 Å². The summed E-state index contributed by atoms with van der Waals surface area (Å²) in [7, 11) is 3.07. The highest BCUT2D eigenvalue weighted by molar-refractivity contribution is 5.98. The molecule has 0 saturated heterocycles. The number of ether oxygens (including phenoxy) is 2. The first-order chi connectivity index (χ1) is 17.0. The molecule has 8 heteroatoms. The van der Waals surface area contributed by atoms with E-state index in [0.29, 0.717) is 49.6 Å². The number of methoxy groups -OCH3 is 2. The van der Waals surface area contributed by atoms with Crippen molar-refractivity contribution in [2.45, 2.75) is 51.6 Å². The van der Waals surface area contributed by atoms with Crippen molar-refractivity contribution in [2.24, 2.45) is 11.3 Å². The molecule has 2 aromatic rings. The number of benzene rings is 1. The largest absolute Gasteiger partial charge is 0.497 e. The Morgan fingerprint density at radius 1 is 1.09 bits per heavy atom. The van der Waals surface area contributed by atoms with Crippen LogP contribution in [-0.4, -0.2) is 48.6 Å². The third-order valence-corrected chi connectivity index (χ3v) is 8.03. The fourth-order valence-corrected chi connectivity index (χ4v) is 5.98. The Morgan fingerprint density at radius 2 is 1.89 bits per heavy atom.